The number of carbonyl (C=O) groups is 1. The number of aromatic nitrogens is 2. The van der Waals surface area contributed by atoms with Crippen molar-refractivity contribution in [3.8, 4) is 5.75 Å². The molecular formula is C23H28N4O3S2. The lowest BCUT2D eigenvalue weighted by Gasteiger charge is -2.30. The number of nitrogens with zero attached hydrogens (tertiary/aromatic N) is 2. The Kier molecular flexibility index (Phi) is 6.88. The highest BCUT2D eigenvalue weighted by molar-refractivity contribution is 7.98. The Balaban J connectivity index is 1.53. The summed E-state index contributed by atoms with van der Waals surface area (Å²) in [5.74, 6) is 1.14. The van der Waals surface area contributed by atoms with Crippen molar-refractivity contribution >= 4 is 45.0 Å². The molecule has 7 nitrogen and oxygen atoms in total. The van der Waals surface area contributed by atoms with Gasteiger partial charge in [0.15, 0.2) is 11.0 Å². The van der Waals surface area contributed by atoms with Crippen LogP contribution in [0.1, 0.15) is 54.4 Å². The van der Waals surface area contributed by atoms with E-state index in [1.807, 2.05) is 18.4 Å². The molecule has 1 aliphatic heterocycles. The summed E-state index contributed by atoms with van der Waals surface area (Å²) in [6, 6.07) is 7.15. The summed E-state index contributed by atoms with van der Waals surface area (Å²) in [6.45, 7) is 7.54. The molecule has 0 saturated heterocycles. The predicted molar refractivity (Wildman–Crippen MR) is 130 cm³/mol. The molecule has 0 fully saturated rings. The van der Waals surface area contributed by atoms with E-state index >= 15 is 0 Å². The monoisotopic (exact) mass is 472 g/mol. The number of carbonyl (C=O) groups excluding carboxylic acids is 1. The van der Waals surface area contributed by atoms with Crippen LogP contribution in [-0.4, -0.2) is 34.3 Å². The molecule has 4 rings (SSSR count). The first-order chi connectivity index (χ1) is 15.4. The molecule has 1 aromatic carbocycles. The smallest absolute Gasteiger partial charge is 0.269 e. The zero-order valence-electron chi connectivity index (χ0n) is 18.8. The number of nitrogens with one attached hydrogen (secondary N) is 2. The maximum absolute atomic E-state index is 12.7. The number of thiophene rings is 1. The first-order valence-corrected chi connectivity index (χ1v) is 12.7. The lowest BCUT2D eigenvalue weighted by Crippen LogP contribution is -2.32. The van der Waals surface area contributed by atoms with Crippen LogP contribution in [0.3, 0.4) is 0 Å². The highest BCUT2D eigenvalue weighted by Gasteiger charge is 2.31. The number of ether oxygens (including phenoxy) is 2. The van der Waals surface area contributed by atoms with Crippen LogP contribution in [0.5, 0.6) is 5.75 Å². The largest absolute Gasteiger partial charge is 0.494 e. The summed E-state index contributed by atoms with van der Waals surface area (Å²) >= 11 is 3.10. The Morgan fingerprint density at radius 2 is 2.06 bits per heavy atom. The van der Waals surface area contributed by atoms with E-state index in [-0.39, 0.29) is 11.5 Å². The van der Waals surface area contributed by atoms with Crippen LogP contribution in [0.2, 0.25) is 0 Å². The molecule has 1 aliphatic rings. The first kappa shape index (κ1) is 22.8. The third-order valence-electron chi connectivity index (χ3n) is 5.27. The third-order valence-corrected chi connectivity index (χ3v) is 6.92. The van der Waals surface area contributed by atoms with Crippen molar-refractivity contribution in [2.75, 3.05) is 18.3 Å². The van der Waals surface area contributed by atoms with Crippen LogP contribution in [0, 0.1) is 0 Å². The van der Waals surface area contributed by atoms with Gasteiger partial charge < -0.3 is 9.47 Å². The normalized spacial score (nSPS) is 14.8. The number of unbranched alkanes of at least 4 members (excludes halogenated alkanes) is 1. The van der Waals surface area contributed by atoms with Crippen molar-refractivity contribution in [3.63, 3.8) is 0 Å². The minimum atomic E-state index is -0.249. The summed E-state index contributed by atoms with van der Waals surface area (Å²) in [5.41, 5.74) is 7.33. The van der Waals surface area contributed by atoms with Crippen molar-refractivity contribution in [2.24, 2.45) is 0 Å². The molecule has 1 amide bonds. The Labute approximate surface area is 196 Å². The zero-order valence-corrected chi connectivity index (χ0v) is 20.4. The lowest BCUT2D eigenvalue weighted by atomic mass is 9.94. The number of fused-ring (bicyclic) bond motifs is 3. The zero-order chi connectivity index (χ0) is 22.7. The van der Waals surface area contributed by atoms with E-state index in [1.54, 1.807) is 23.5 Å². The van der Waals surface area contributed by atoms with Crippen LogP contribution in [0.15, 0.2) is 29.4 Å². The summed E-state index contributed by atoms with van der Waals surface area (Å²) in [5, 5.41) is 1.61. The molecule has 0 unspecified atom stereocenters. The Bertz CT molecular complexity index is 1110. The first-order valence-electron chi connectivity index (χ1n) is 10.7. The average molecular weight is 473 g/mol. The lowest BCUT2D eigenvalue weighted by molar-refractivity contribution is -0.0379. The fraction of sp³-hybridized carbons (Fsp3) is 0.435. The number of thioether (sulfide) groups is 1. The fourth-order valence-corrected chi connectivity index (χ4v) is 5.06. The number of rotatable bonds is 8. The molecule has 0 bridgehead atoms. The van der Waals surface area contributed by atoms with Gasteiger partial charge in [0.05, 0.1) is 24.2 Å². The van der Waals surface area contributed by atoms with Crippen LogP contribution in [0.4, 0.5) is 5.82 Å². The van der Waals surface area contributed by atoms with E-state index in [0.717, 1.165) is 35.2 Å². The van der Waals surface area contributed by atoms with Gasteiger partial charge in [-0.1, -0.05) is 25.1 Å². The standard InChI is InChI=1S/C23H28N4O3S2/c1-5-6-11-29-15-9-7-14(8-10-15)20(28)27-26-19-18-16-12-23(2,3)30-13-17(16)32-21(18)25-22(24-19)31-4/h7-10H,5-6,11-13H2,1-4H3,(H,27,28)(H,24,25,26). The average Bonchev–Trinajstić information content (AvgIpc) is 3.14. The quantitative estimate of drug-likeness (QED) is 0.202. The van der Waals surface area contributed by atoms with Gasteiger partial charge in [-0.25, -0.2) is 9.97 Å². The van der Waals surface area contributed by atoms with E-state index in [9.17, 15) is 4.79 Å². The van der Waals surface area contributed by atoms with Gasteiger partial charge >= 0.3 is 0 Å². The summed E-state index contributed by atoms with van der Waals surface area (Å²) in [4.78, 5) is 24.1. The van der Waals surface area contributed by atoms with Gasteiger partial charge in [-0.05, 0) is 56.4 Å². The second-order valence-electron chi connectivity index (χ2n) is 8.27. The molecule has 3 aromatic rings. The van der Waals surface area contributed by atoms with Gasteiger partial charge in [0.1, 0.15) is 10.6 Å². The van der Waals surface area contributed by atoms with Gasteiger partial charge in [-0.15, -0.1) is 11.3 Å². The minimum absolute atomic E-state index is 0.240. The van der Waals surface area contributed by atoms with Crippen LogP contribution in [-0.2, 0) is 17.8 Å². The van der Waals surface area contributed by atoms with E-state index in [1.165, 1.54) is 22.2 Å². The van der Waals surface area contributed by atoms with Crippen molar-refractivity contribution in [3.05, 3.63) is 40.3 Å². The number of hydrogen-bond donors (Lipinski definition) is 2. The highest BCUT2D eigenvalue weighted by atomic mass is 32.2. The maximum Gasteiger partial charge on any atom is 0.269 e. The van der Waals surface area contributed by atoms with Crippen molar-refractivity contribution < 1.29 is 14.3 Å². The SMILES string of the molecule is CCCCOc1ccc(C(=O)NNc2nc(SC)nc3sc4c(c23)CC(C)(C)OC4)cc1. The molecule has 2 N–H and O–H groups in total. The van der Waals surface area contributed by atoms with E-state index < -0.39 is 0 Å². The van der Waals surface area contributed by atoms with Gasteiger partial charge in [-0.3, -0.25) is 15.6 Å². The van der Waals surface area contributed by atoms with Gasteiger partial charge in [0.25, 0.3) is 5.91 Å². The molecule has 0 aliphatic carbocycles. The highest BCUT2D eigenvalue weighted by Crippen LogP contribution is 2.41. The minimum Gasteiger partial charge on any atom is -0.494 e. The number of anilines is 1. The van der Waals surface area contributed by atoms with E-state index in [2.05, 4.69) is 41.6 Å². The molecule has 170 valence electrons. The Morgan fingerprint density at radius 3 is 2.78 bits per heavy atom. The second-order valence-corrected chi connectivity index (χ2v) is 10.1. The van der Waals surface area contributed by atoms with Crippen molar-refractivity contribution in [1.29, 1.82) is 0 Å². The molecule has 0 radical (unpaired) electrons. The van der Waals surface area contributed by atoms with Crippen molar-refractivity contribution in [1.82, 2.24) is 15.4 Å². The molecule has 32 heavy (non-hydrogen) atoms. The summed E-state index contributed by atoms with van der Waals surface area (Å²) in [7, 11) is 0. The van der Waals surface area contributed by atoms with Gasteiger partial charge in [0.2, 0.25) is 0 Å². The Morgan fingerprint density at radius 1 is 1.28 bits per heavy atom. The molecule has 0 atom stereocenters. The molecule has 9 heteroatoms. The van der Waals surface area contributed by atoms with Gasteiger partial charge in [0, 0.05) is 16.9 Å². The second kappa shape index (κ2) is 9.64. The molecule has 3 heterocycles. The van der Waals surface area contributed by atoms with Gasteiger partial charge in [-0.2, -0.15) is 0 Å². The number of benzene rings is 1. The summed E-state index contributed by atoms with van der Waals surface area (Å²) in [6.07, 6.45) is 4.80. The fourth-order valence-electron chi connectivity index (χ4n) is 3.53. The molecule has 0 saturated carbocycles. The molecular weight excluding hydrogens is 444 g/mol. The Hall–Kier alpha value is -2.36. The van der Waals surface area contributed by atoms with Crippen LogP contribution >= 0.6 is 23.1 Å². The summed E-state index contributed by atoms with van der Waals surface area (Å²) < 4.78 is 11.6. The van der Waals surface area contributed by atoms with E-state index in [0.29, 0.717) is 29.8 Å². The number of hydrogen-bond acceptors (Lipinski definition) is 8. The van der Waals surface area contributed by atoms with Crippen LogP contribution in [0.25, 0.3) is 10.2 Å². The molecule has 0 spiro atoms. The predicted octanol–water partition coefficient (Wildman–Crippen LogP) is 5.20. The maximum atomic E-state index is 12.7. The van der Waals surface area contributed by atoms with E-state index in [4.69, 9.17) is 9.47 Å². The number of amides is 1. The topological polar surface area (TPSA) is 85.4 Å². The van der Waals surface area contributed by atoms with Crippen molar-refractivity contribution in [2.45, 2.75) is 57.4 Å². The number of hydrazine groups is 1. The third kappa shape index (κ3) is 5.00. The molecule has 2 aromatic heterocycles. The van der Waals surface area contributed by atoms with Crippen LogP contribution < -0.4 is 15.6 Å².